The molecule has 22 heavy (non-hydrogen) atoms. The van der Waals surface area contributed by atoms with Gasteiger partial charge in [-0.1, -0.05) is 18.2 Å². The third-order valence-corrected chi connectivity index (χ3v) is 3.56. The summed E-state index contributed by atoms with van der Waals surface area (Å²) in [6.45, 7) is 1.73. The summed E-state index contributed by atoms with van der Waals surface area (Å²) < 4.78 is 0. The molecule has 0 unspecified atom stereocenters. The van der Waals surface area contributed by atoms with Crippen LogP contribution in [0.3, 0.4) is 0 Å². The highest BCUT2D eigenvalue weighted by atomic mass is 16.2. The number of hydrogen-bond acceptors (Lipinski definition) is 4. The van der Waals surface area contributed by atoms with E-state index < -0.39 is 0 Å². The molecule has 3 amide bonds. The van der Waals surface area contributed by atoms with Gasteiger partial charge in [-0.2, -0.15) is 0 Å². The number of hydrogen-bond donors (Lipinski definition) is 2. The van der Waals surface area contributed by atoms with Crippen molar-refractivity contribution < 1.29 is 14.4 Å². The Morgan fingerprint density at radius 1 is 1.00 bits per heavy atom. The van der Waals surface area contributed by atoms with Crippen LogP contribution in [-0.2, 0) is 9.59 Å². The van der Waals surface area contributed by atoms with E-state index in [1.54, 1.807) is 21.9 Å². The summed E-state index contributed by atoms with van der Waals surface area (Å²) in [4.78, 5) is 38.6. The first-order valence-electron chi connectivity index (χ1n) is 7.20. The Labute approximate surface area is 129 Å². The smallest absolute Gasteiger partial charge is 0.253 e. The maximum absolute atomic E-state index is 12.3. The van der Waals surface area contributed by atoms with E-state index in [0.717, 1.165) is 0 Å². The molecule has 118 valence electrons. The second kappa shape index (κ2) is 7.56. The molecule has 0 radical (unpaired) electrons. The van der Waals surface area contributed by atoms with Gasteiger partial charge in [-0.3, -0.25) is 14.4 Å². The maximum atomic E-state index is 12.3. The van der Waals surface area contributed by atoms with Crippen LogP contribution in [0.15, 0.2) is 30.3 Å². The number of carbonyl (C=O) groups is 3. The molecule has 1 fully saturated rings. The van der Waals surface area contributed by atoms with Crippen molar-refractivity contribution in [1.29, 1.82) is 0 Å². The fourth-order valence-corrected chi connectivity index (χ4v) is 2.28. The molecule has 1 aromatic carbocycles. The predicted octanol–water partition coefficient (Wildman–Crippen LogP) is -0.954. The molecule has 1 aliphatic rings. The summed E-state index contributed by atoms with van der Waals surface area (Å²) in [5, 5.41) is 2.45. The Kier molecular flexibility index (Phi) is 5.48. The molecule has 0 spiro atoms. The lowest BCUT2D eigenvalue weighted by atomic mass is 10.2. The highest BCUT2D eigenvalue weighted by Crippen LogP contribution is 2.08. The van der Waals surface area contributed by atoms with Crippen LogP contribution in [0.4, 0.5) is 0 Å². The van der Waals surface area contributed by atoms with Crippen molar-refractivity contribution in [2.75, 3.05) is 39.3 Å². The van der Waals surface area contributed by atoms with Crippen LogP contribution < -0.4 is 11.1 Å². The lowest BCUT2D eigenvalue weighted by Crippen LogP contribution is -2.52. The molecule has 1 saturated heterocycles. The quantitative estimate of drug-likeness (QED) is 0.749. The second-order valence-corrected chi connectivity index (χ2v) is 5.02. The molecule has 3 N–H and O–H groups in total. The molecule has 0 aliphatic carbocycles. The lowest BCUT2D eigenvalue weighted by Gasteiger charge is -2.34. The van der Waals surface area contributed by atoms with Crippen molar-refractivity contribution in [3.63, 3.8) is 0 Å². The normalized spacial score (nSPS) is 14.6. The zero-order valence-electron chi connectivity index (χ0n) is 12.3. The van der Waals surface area contributed by atoms with Crippen molar-refractivity contribution in [2.45, 2.75) is 0 Å². The first-order valence-corrected chi connectivity index (χ1v) is 7.20. The van der Waals surface area contributed by atoms with Gasteiger partial charge in [0.25, 0.3) is 5.91 Å². The summed E-state index contributed by atoms with van der Waals surface area (Å²) >= 11 is 0. The van der Waals surface area contributed by atoms with Gasteiger partial charge in [0.2, 0.25) is 11.8 Å². The number of amides is 3. The molecule has 0 aromatic heterocycles. The molecule has 7 heteroatoms. The molecule has 1 heterocycles. The molecular weight excluding hydrogens is 284 g/mol. The van der Waals surface area contributed by atoms with Crippen LogP contribution in [0.1, 0.15) is 10.4 Å². The zero-order chi connectivity index (χ0) is 15.9. The Bertz CT molecular complexity index is 539. The van der Waals surface area contributed by atoms with Gasteiger partial charge in [-0.05, 0) is 12.1 Å². The summed E-state index contributed by atoms with van der Waals surface area (Å²) in [5.74, 6) is -0.538. The minimum absolute atomic E-state index is 0.0240. The number of piperazine rings is 1. The zero-order valence-corrected chi connectivity index (χ0v) is 12.3. The SMILES string of the molecule is NCC(=O)NCC(=O)N1CCN(C(=O)c2ccccc2)CC1. The largest absolute Gasteiger partial charge is 0.346 e. The molecule has 7 nitrogen and oxygen atoms in total. The van der Waals surface area contributed by atoms with Gasteiger partial charge in [-0.15, -0.1) is 0 Å². The number of carbonyl (C=O) groups excluding carboxylic acids is 3. The summed E-state index contributed by atoms with van der Waals surface area (Å²) in [7, 11) is 0. The second-order valence-electron chi connectivity index (χ2n) is 5.02. The average Bonchev–Trinajstić information content (AvgIpc) is 2.59. The summed E-state index contributed by atoms with van der Waals surface area (Å²) in [6.07, 6.45) is 0. The van der Waals surface area contributed by atoms with E-state index in [4.69, 9.17) is 5.73 Å². The third-order valence-electron chi connectivity index (χ3n) is 3.56. The van der Waals surface area contributed by atoms with Crippen molar-refractivity contribution in [3.8, 4) is 0 Å². The van der Waals surface area contributed by atoms with E-state index in [1.165, 1.54) is 0 Å². The minimum atomic E-state index is -0.355. The molecule has 0 bridgehead atoms. The lowest BCUT2D eigenvalue weighted by molar-refractivity contribution is -0.133. The van der Waals surface area contributed by atoms with Gasteiger partial charge >= 0.3 is 0 Å². The number of nitrogens with one attached hydrogen (secondary N) is 1. The Morgan fingerprint density at radius 3 is 2.18 bits per heavy atom. The van der Waals surface area contributed by atoms with Gasteiger partial charge < -0.3 is 20.9 Å². The van der Waals surface area contributed by atoms with Crippen LogP contribution in [0.25, 0.3) is 0 Å². The summed E-state index contributed by atoms with van der Waals surface area (Å²) in [6, 6.07) is 9.08. The van der Waals surface area contributed by atoms with E-state index in [-0.39, 0.29) is 30.8 Å². The number of rotatable bonds is 4. The highest BCUT2D eigenvalue weighted by Gasteiger charge is 2.24. The maximum Gasteiger partial charge on any atom is 0.253 e. The van der Waals surface area contributed by atoms with E-state index in [9.17, 15) is 14.4 Å². The van der Waals surface area contributed by atoms with Gasteiger partial charge in [0.1, 0.15) is 0 Å². The summed E-state index contributed by atoms with van der Waals surface area (Å²) in [5.41, 5.74) is 5.81. The first kappa shape index (κ1) is 16.0. The number of nitrogens with zero attached hydrogens (tertiary/aromatic N) is 2. The van der Waals surface area contributed by atoms with Gasteiger partial charge in [0.05, 0.1) is 13.1 Å². The van der Waals surface area contributed by atoms with Crippen LogP contribution in [0.5, 0.6) is 0 Å². The van der Waals surface area contributed by atoms with Gasteiger partial charge in [0.15, 0.2) is 0 Å². The van der Waals surface area contributed by atoms with Gasteiger partial charge in [-0.25, -0.2) is 0 Å². The third kappa shape index (κ3) is 4.05. The Hall–Kier alpha value is -2.41. The minimum Gasteiger partial charge on any atom is -0.346 e. The molecule has 2 rings (SSSR count). The van der Waals surface area contributed by atoms with Crippen LogP contribution in [0.2, 0.25) is 0 Å². The number of benzene rings is 1. The van der Waals surface area contributed by atoms with Crippen molar-refractivity contribution in [3.05, 3.63) is 35.9 Å². The average molecular weight is 304 g/mol. The molecule has 1 aromatic rings. The van der Waals surface area contributed by atoms with Crippen LogP contribution >= 0.6 is 0 Å². The Balaban J connectivity index is 1.81. The van der Waals surface area contributed by atoms with Crippen LogP contribution in [0, 0.1) is 0 Å². The predicted molar refractivity (Wildman–Crippen MR) is 81.0 cm³/mol. The highest BCUT2D eigenvalue weighted by molar-refractivity contribution is 5.94. The van der Waals surface area contributed by atoms with E-state index >= 15 is 0 Å². The first-order chi connectivity index (χ1) is 10.6. The van der Waals surface area contributed by atoms with Crippen molar-refractivity contribution in [1.82, 2.24) is 15.1 Å². The van der Waals surface area contributed by atoms with E-state index in [0.29, 0.717) is 31.7 Å². The fourth-order valence-electron chi connectivity index (χ4n) is 2.28. The standard InChI is InChI=1S/C15H20N4O3/c16-10-13(20)17-11-14(21)18-6-8-19(9-7-18)15(22)12-4-2-1-3-5-12/h1-5H,6-11,16H2,(H,17,20). The topological polar surface area (TPSA) is 95.7 Å². The molecular formula is C15H20N4O3. The molecule has 0 atom stereocenters. The fraction of sp³-hybridized carbons (Fsp3) is 0.400. The Morgan fingerprint density at radius 2 is 1.59 bits per heavy atom. The van der Waals surface area contributed by atoms with Crippen molar-refractivity contribution in [2.24, 2.45) is 5.73 Å². The van der Waals surface area contributed by atoms with E-state index in [2.05, 4.69) is 5.32 Å². The van der Waals surface area contributed by atoms with Crippen molar-refractivity contribution >= 4 is 17.7 Å². The molecule has 1 aliphatic heterocycles. The monoisotopic (exact) mass is 304 g/mol. The molecule has 0 saturated carbocycles. The van der Waals surface area contributed by atoms with Crippen LogP contribution in [-0.4, -0.2) is 66.8 Å². The van der Waals surface area contributed by atoms with Gasteiger partial charge in [0, 0.05) is 31.7 Å². The number of nitrogens with two attached hydrogens (primary N) is 1. The van der Waals surface area contributed by atoms with E-state index in [1.807, 2.05) is 18.2 Å².